The van der Waals surface area contributed by atoms with Crippen molar-refractivity contribution in [1.29, 1.82) is 0 Å². The van der Waals surface area contributed by atoms with Crippen molar-refractivity contribution in [1.82, 2.24) is 15.0 Å². The zero-order chi connectivity index (χ0) is 19.7. The average molecular weight is 383 g/mol. The lowest BCUT2D eigenvalue weighted by molar-refractivity contribution is -0.120. The molecule has 1 saturated heterocycles. The molecule has 2 heterocycles. The highest BCUT2D eigenvalue weighted by molar-refractivity contribution is 5.96. The minimum Gasteiger partial charge on any atom is -0.339 e. The number of nitrogens with one attached hydrogen (secondary N) is 2. The molecule has 0 spiro atoms. The van der Waals surface area contributed by atoms with E-state index in [0.717, 1.165) is 38.2 Å². The van der Waals surface area contributed by atoms with E-state index in [1.54, 1.807) is 24.3 Å². The van der Waals surface area contributed by atoms with Gasteiger partial charge in [0.05, 0.1) is 12.0 Å². The Morgan fingerprint density at radius 2 is 1.93 bits per heavy atom. The van der Waals surface area contributed by atoms with Crippen molar-refractivity contribution < 1.29 is 14.1 Å². The van der Waals surface area contributed by atoms with Gasteiger partial charge in [-0.15, -0.1) is 0 Å². The summed E-state index contributed by atoms with van der Waals surface area (Å²) in [5, 5.41) is 9.75. The zero-order valence-corrected chi connectivity index (χ0v) is 16.1. The van der Waals surface area contributed by atoms with Crippen LogP contribution in [0.5, 0.6) is 0 Å². The third-order valence-corrected chi connectivity index (χ3v) is 5.35. The summed E-state index contributed by atoms with van der Waals surface area (Å²) in [6, 6.07) is 6.85. The van der Waals surface area contributed by atoms with Crippen LogP contribution in [0.4, 0.5) is 11.4 Å². The molecule has 1 aromatic carbocycles. The highest BCUT2D eigenvalue weighted by Crippen LogP contribution is 2.39. The second kappa shape index (κ2) is 7.71. The van der Waals surface area contributed by atoms with Gasteiger partial charge in [0.2, 0.25) is 17.7 Å². The number of carbonyl (C=O) groups excluding carboxylic acids is 2. The van der Waals surface area contributed by atoms with Gasteiger partial charge in [-0.25, -0.2) is 0 Å². The standard InChI is InChI=1S/C20H25N5O3/c1-12(19(27)22-17-5-3-4-16(10-17)21-13(2)26)25-9-8-15(11-25)20-23-18(24-28-20)14-6-7-14/h3-5,10,12,14-15H,6-9,11H2,1-2H3,(H,21,26)(H,22,27). The van der Waals surface area contributed by atoms with Gasteiger partial charge in [-0.3, -0.25) is 14.5 Å². The molecule has 1 aliphatic heterocycles. The largest absolute Gasteiger partial charge is 0.339 e. The maximum atomic E-state index is 12.7. The first-order chi connectivity index (χ1) is 13.5. The smallest absolute Gasteiger partial charge is 0.241 e. The summed E-state index contributed by atoms with van der Waals surface area (Å²) < 4.78 is 5.46. The predicted octanol–water partition coefficient (Wildman–Crippen LogP) is 2.72. The lowest BCUT2D eigenvalue weighted by atomic mass is 10.1. The summed E-state index contributed by atoms with van der Waals surface area (Å²) in [6.07, 6.45) is 3.20. The van der Waals surface area contributed by atoms with Gasteiger partial charge in [-0.05, 0) is 50.9 Å². The third kappa shape index (κ3) is 4.22. The molecule has 0 bridgehead atoms. The SMILES string of the molecule is CC(=O)Nc1cccc(NC(=O)C(C)N2CCC(c3nc(C4CC4)no3)C2)c1. The second-order valence-electron chi connectivity index (χ2n) is 7.67. The van der Waals surface area contributed by atoms with Crippen LogP contribution in [0.2, 0.25) is 0 Å². The fourth-order valence-electron chi connectivity index (χ4n) is 3.55. The molecular formula is C20H25N5O3. The minimum absolute atomic E-state index is 0.0789. The highest BCUT2D eigenvalue weighted by Gasteiger charge is 2.35. The molecule has 2 fully saturated rings. The van der Waals surface area contributed by atoms with Crippen molar-refractivity contribution >= 4 is 23.2 Å². The van der Waals surface area contributed by atoms with Crippen molar-refractivity contribution in [3.05, 3.63) is 36.0 Å². The number of nitrogens with zero attached hydrogens (tertiary/aromatic N) is 3. The molecule has 1 saturated carbocycles. The normalized spacial score (nSPS) is 20.7. The lowest BCUT2D eigenvalue weighted by Crippen LogP contribution is -2.40. The summed E-state index contributed by atoms with van der Waals surface area (Å²) in [4.78, 5) is 30.6. The molecule has 2 unspecified atom stereocenters. The number of aromatic nitrogens is 2. The summed E-state index contributed by atoms with van der Waals surface area (Å²) in [7, 11) is 0. The summed E-state index contributed by atoms with van der Waals surface area (Å²) >= 11 is 0. The van der Waals surface area contributed by atoms with E-state index in [1.165, 1.54) is 6.92 Å². The monoisotopic (exact) mass is 383 g/mol. The van der Waals surface area contributed by atoms with E-state index in [9.17, 15) is 9.59 Å². The maximum Gasteiger partial charge on any atom is 0.241 e. The summed E-state index contributed by atoms with van der Waals surface area (Å²) in [5.41, 5.74) is 1.31. The van der Waals surface area contributed by atoms with Crippen LogP contribution in [0.25, 0.3) is 0 Å². The van der Waals surface area contributed by atoms with E-state index >= 15 is 0 Å². The predicted molar refractivity (Wildman–Crippen MR) is 104 cm³/mol. The molecule has 1 aromatic heterocycles. The molecular weight excluding hydrogens is 358 g/mol. The third-order valence-electron chi connectivity index (χ3n) is 5.35. The van der Waals surface area contributed by atoms with Crippen molar-refractivity contribution in [3.8, 4) is 0 Å². The fourth-order valence-corrected chi connectivity index (χ4v) is 3.55. The quantitative estimate of drug-likeness (QED) is 0.795. The minimum atomic E-state index is -0.278. The van der Waals surface area contributed by atoms with Crippen molar-refractivity contribution in [2.75, 3.05) is 23.7 Å². The Morgan fingerprint density at radius 1 is 1.18 bits per heavy atom. The van der Waals surface area contributed by atoms with Crippen molar-refractivity contribution in [2.24, 2.45) is 0 Å². The Hall–Kier alpha value is -2.74. The Labute approximate surface area is 163 Å². The van der Waals surface area contributed by atoms with Gasteiger partial charge in [0.15, 0.2) is 5.82 Å². The van der Waals surface area contributed by atoms with Gasteiger partial charge in [-0.1, -0.05) is 11.2 Å². The Balaban J connectivity index is 1.34. The van der Waals surface area contributed by atoms with E-state index < -0.39 is 0 Å². The van der Waals surface area contributed by atoms with E-state index in [0.29, 0.717) is 23.2 Å². The molecule has 4 rings (SSSR count). The number of anilines is 2. The van der Waals surface area contributed by atoms with Crippen LogP contribution < -0.4 is 10.6 Å². The van der Waals surface area contributed by atoms with Gasteiger partial charge >= 0.3 is 0 Å². The first-order valence-electron chi connectivity index (χ1n) is 9.75. The Kier molecular flexibility index (Phi) is 5.13. The van der Waals surface area contributed by atoms with Crippen LogP contribution in [0.3, 0.4) is 0 Å². The first kappa shape index (κ1) is 18.6. The summed E-state index contributed by atoms with van der Waals surface area (Å²) in [6.45, 7) is 4.89. The molecule has 2 aliphatic rings. The van der Waals surface area contributed by atoms with E-state index in [1.807, 2.05) is 6.92 Å². The van der Waals surface area contributed by atoms with Crippen molar-refractivity contribution in [2.45, 2.75) is 51.0 Å². The zero-order valence-electron chi connectivity index (χ0n) is 16.1. The molecule has 0 radical (unpaired) electrons. The molecule has 2 N–H and O–H groups in total. The second-order valence-corrected chi connectivity index (χ2v) is 7.67. The number of carbonyl (C=O) groups is 2. The van der Waals surface area contributed by atoms with Crippen molar-refractivity contribution in [3.63, 3.8) is 0 Å². The average Bonchev–Trinajstić information content (AvgIpc) is 3.18. The van der Waals surface area contributed by atoms with Crippen LogP contribution in [0.1, 0.15) is 56.7 Å². The van der Waals surface area contributed by atoms with Crippen LogP contribution in [-0.2, 0) is 9.59 Å². The Bertz CT molecular complexity index is 876. The number of hydrogen-bond donors (Lipinski definition) is 2. The molecule has 8 heteroatoms. The number of rotatable bonds is 6. The molecule has 28 heavy (non-hydrogen) atoms. The molecule has 2 aromatic rings. The molecule has 8 nitrogen and oxygen atoms in total. The number of amides is 2. The Morgan fingerprint density at radius 3 is 2.64 bits per heavy atom. The molecule has 148 valence electrons. The van der Waals surface area contributed by atoms with Gasteiger partial charge in [-0.2, -0.15) is 4.98 Å². The number of hydrogen-bond acceptors (Lipinski definition) is 6. The fraction of sp³-hybridized carbons (Fsp3) is 0.500. The van der Waals surface area contributed by atoms with E-state index in [-0.39, 0.29) is 23.8 Å². The maximum absolute atomic E-state index is 12.7. The summed E-state index contributed by atoms with van der Waals surface area (Å²) in [5.74, 6) is 1.96. The van der Waals surface area contributed by atoms with Crippen LogP contribution in [-0.4, -0.2) is 46.0 Å². The van der Waals surface area contributed by atoms with E-state index in [2.05, 4.69) is 25.7 Å². The van der Waals surface area contributed by atoms with Crippen LogP contribution in [0, 0.1) is 0 Å². The number of benzene rings is 1. The van der Waals surface area contributed by atoms with Crippen LogP contribution in [0.15, 0.2) is 28.8 Å². The van der Waals surface area contributed by atoms with Gasteiger partial charge in [0, 0.05) is 30.8 Å². The number of likely N-dealkylation sites (tertiary alicyclic amines) is 1. The molecule has 1 aliphatic carbocycles. The first-order valence-corrected chi connectivity index (χ1v) is 9.75. The van der Waals surface area contributed by atoms with Crippen LogP contribution >= 0.6 is 0 Å². The van der Waals surface area contributed by atoms with Gasteiger partial charge < -0.3 is 15.2 Å². The molecule has 2 atom stereocenters. The lowest BCUT2D eigenvalue weighted by Gasteiger charge is -2.23. The topological polar surface area (TPSA) is 100 Å². The van der Waals surface area contributed by atoms with E-state index in [4.69, 9.17) is 4.52 Å². The van der Waals surface area contributed by atoms with Gasteiger partial charge in [0.1, 0.15) is 0 Å². The highest BCUT2D eigenvalue weighted by atomic mass is 16.5. The van der Waals surface area contributed by atoms with Gasteiger partial charge in [0.25, 0.3) is 0 Å². The molecule has 2 amide bonds.